The van der Waals surface area contributed by atoms with Crippen molar-refractivity contribution in [2.24, 2.45) is 0 Å². The molecule has 1 aromatic rings. The van der Waals surface area contributed by atoms with Gasteiger partial charge in [0.25, 0.3) is 5.60 Å². The summed E-state index contributed by atoms with van der Waals surface area (Å²) in [7, 11) is 0. The van der Waals surface area contributed by atoms with E-state index >= 15 is 0 Å². The van der Waals surface area contributed by atoms with E-state index in [9.17, 15) is 9.59 Å². The molecule has 0 bridgehead atoms. The number of hydrogen-bond acceptors (Lipinski definition) is 5. The second-order valence-corrected chi connectivity index (χ2v) is 4.48. The van der Waals surface area contributed by atoms with Gasteiger partial charge in [-0.15, -0.1) is 0 Å². The lowest BCUT2D eigenvalue weighted by Crippen LogP contribution is -2.49. The number of fused-ring (bicyclic) bond motifs is 1. The third-order valence-corrected chi connectivity index (χ3v) is 3.36. The number of benzene rings is 1. The van der Waals surface area contributed by atoms with Gasteiger partial charge in [-0.2, -0.15) is 0 Å². The lowest BCUT2D eigenvalue weighted by Gasteiger charge is -2.25. The maximum Gasteiger partial charge on any atom is 0.350 e. The van der Waals surface area contributed by atoms with E-state index in [1.165, 1.54) is 0 Å². The molecule has 0 aliphatic heterocycles. The maximum atomic E-state index is 12.5. The van der Waals surface area contributed by atoms with Gasteiger partial charge in [0.2, 0.25) is 5.78 Å². The summed E-state index contributed by atoms with van der Waals surface area (Å²) < 4.78 is 4.87. The molecule has 0 heterocycles. The van der Waals surface area contributed by atoms with Crippen LogP contribution >= 0.6 is 0 Å². The number of esters is 1. The minimum Gasteiger partial charge on any atom is -0.463 e. The van der Waals surface area contributed by atoms with Gasteiger partial charge in [0.05, 0.1) is 6.61 Å². The number of carbonyl (C=O) groups is 2. The van der Waals surface area contributed by atoms with Gasteiger partial charge in [-0.3, -0.25) is 10.1 Å². The van der Waals surface area contributed by atoms with Crippen molar-refractivity contribution in [2.45, 2.75) is 31.8 Å². The van der Waals surface area contributed by atoms with Crippen LogP contribution < -0.4 is 0 Å². The van der Waals surface area contributed by atoms with Crippen LogP contribution in [0.5, 0.6) is 0 Å². The fourth-order valence-corrected chi connectivity index (χ4v) is 2.39. The normalized spacial score (nSPS) is 22.5. The van der Waals surface area contributed by atoms with Crippen LogP contribution in [0.3, 0.4) is 0 Å². The summed E-state index contributed by atoms with van der Waals surface area (Å²) in [4.78, 5) is 28.8. The van der Waals surface area contributed by atoms with E-state index in [-0.39, 0.29) is 13.0 Å². The number of hydrogen-bond donors (Lipinski definition) is 1. The molecule has 0 radical (unpaired) electrons. The Kier molecular flexibility index (Phi) is 3.97. The Balaban J connectivity index is 2.46. The van der Waals surface area contributed by atoms with E-state index in [0.29, 0.717) is 18.4 Å². The Labute approximate surface area is 111 Å². The van der Waals surface area contributed by atoms with Crippen molar-refractivity contribution in [3.8, 4) is 0 Å². The maximum absolute atomic E-state index is 12.5. The van der Waals surface area contributed by atoms with Gasteiger partial charge in [0.1, 0.15) is 0 Å². The molecule has 0 saturated heterocycles. The third kappa shape index (κ3) is 2.27. The van der Waals surface area contributed by atoms with E-state index in [2.05, 4.69) is 4.89 Å². The van der Waals surface area contributed by atoms with Gasteiger partial charge in [-0.05, 0) is 31.7 Å². The molecule has 1 aliphatic rings. The SMILES string of the molecule is CCOC(=O)C1(OO)CCCc2ccccc2C1=O. The van der Waals surface area contributed by atoms with Gasteiger partial charge < -0.3 is 4.74 Å². The summed E-state index contributed by atoms with van der Waals surface area (Å²) in [6, 6.07) is 7.03. The van der Waals surface area contributed by atoms with Crippen LogP contribution in [0.4, 0.5) is 0 Å². The lowest BCUT2D eigenvalue weighted by atomic mass is 9.90. The van der Waals surface area contributed by atoms with Crippen LogP contribution in [-0.2, 0) is 20.8 Å². The zero-order valence-corrected chi connectivity index (χ0v) is 10.7. The molecule has 1 aliphatic carbocycles. The summed E-state index contributed by atoms with van der Waals surface area (Å²) in [5, 5.41) is 9.14. The van der Waals surface area contributed by atoms with Crippen molar-refractivity contribution in [3.63, 3.8) is 0 Å². The van der Waals surface area contributed by atoms with Crippen LogP contribution in [0.25, 0.3) is 0 Å². The predicted octanol–water partition coefficient (Wildman–Crippen LogP) is 2.00. The molecule has 1 N–H and O–H groups in total. The molecule has 0 aromatic heterocycles. The zero-order chi connectivity index (χ0) is 13.9. The third-order valence-electron chi connectivity index (χ3n) is 3.36. The fourth-order valence-electron chi connectivity index (χ4n) is 2.39. The van der Waals surface area contributed by atoms with E-state index in [1.807, 2.05) is 12.1 Å². The molecule has 0 fully saturated rings. The zero-order valence-electron chi connectivity index (χ0n) is 10.7. The predicted molar refractivity (Wildman–Crippen MR) is 66.8 cm³/mol. The van der Waals surface area contributed by atoms with Crippen molar-refractivity contribution in [1.82, 2.24) is 0 Å². The van der Waals surface area contributed by atoms with Crippen LogP contribution in [0.2, 0.25) is 0 Å². The molecule has 1 aromatic carbocycles. The van der Waals surface area contributed by atoms with Gasteiger partial charge in [0.15, 0.2) is 0 Å². The number of ether oxygens (including phenoxy) is 1. The second kappa shape index (κ2) is 5.50. The minimum atomic E-state index is -1.93. The molecule has 0 amide bonds. The number of ketones is 1. The summed E-state index contributed by atoms with van der Waals surface area (Å²) >= 11 is 0. The highest BCUT2D eigenvalue weighted by Crippen LogP contribution is 2.31. The quantitative estimate of drug-likeness (QED) is 0.297. The molecule has 0 saturated carbocycles. The number of carbonyl (C=O) groups excluding carboxylic acids is 2. The smallest absolute Gasteiger partial charge is 0.350 e. The minimum absolute atomic E-state index is 0.107. The van der Waals surface area contributed by atoms with Crippen molar-refractivity contribution >= 4 is 11.8 Å². The van der Waals surface area contributed by atoms with Gasteiger partial charge in [0, 0.05) is 5.56 Å². The second-order valence-electron chi connectivity index (χ2n) is 4.48. The van der Waals surface area contributed by atoms with E-state index in [0.717, 1.165) is 5.56 Å². The highest BCUT2D eigenvalue weighted by molar-refractivity contribution is 6.16. The average molecular weight is 264 g/mol. The first-order valence-electron chi connectivity index (χ1n) is 6.28. The number of rotatable bonds is 3. The summed E-state index contributed by atoms with van der Waals surface area (Å²) in [6.07, 6.45) is 1.32. The first-order valence-corrected chi connectivity index (χ1v) is 6.28. The van der Waals surface area contributed by atoms with Crippen molar-refractivity contribution in [1.29, 1.82) is 0 Å². The molecular formula is C14H16O5. The average Bonchev–Trinajstić information content (AvgIpc) is 2.57. The Bertz CT molecular complexity index is 496. The first-order chi connectivity index (χ1) is 9.15. The highest BCUT2D eigenvalue weighted by Gasteiger charge is 2.51. The fraction of sp³-hybridized carbons (Fsp3) is 0.429. The standard InChI is InChI=1S/C14H16O5/c1-2-18-13(16)14(19-17)9-5-7-10-6-3-4-8-11(10)12(14)15/h3-4,6,8,17H,2,5,7,9H2,1H3. The van der Waals surface area contributed by atoms with Crippen molar-refractivity contribution in [2.75, 3.05) is 6.61 Å². The molecular weight excluding hydrogens is 248 g/mol. The molecule has 5 heteroatoms. The summed E-state index contributed by atoms with van der Waals surface area (Å²) in [5.74, 6) is -1.37. The van der Waals surface area contributed by atoms with Crippen LogP contribution in [0, 0.1) is 0 Å². The Morgan fingerprint density at radius 3 is 2.84 bits per heavy atom. The van der Waals surface area contributed by atoms with E-state index < -0.39 is 17.4 Å². The first kappa shape index (κ1) is 13.7. The topological polar surface area (TPSA) is 72.8 Å². The molecule has 2 rings (SSSR count). The van der Waals surface area contributed by atoms with E-state index in [4.69, 9.17) is 9.99 Å². The molecule has 19 heavy (non-hydrogen) atoms. The molecule has 102 valence electrons. The van der Waals surface area contributed by atoms with E-state index in [1.54, 1.807) is 19.1 Å². The largest absolute Gasteiger partial charge is 0.463 e. The number of Topliss-reactive ketones (excluding diaryl/α,β-unsaturated/α-hetero) is 1. The summed E-state index contributed by atoms with van der Waals surface area (Å²) in [5.41, 5.74) is -0.666. The summed E-state index contributed by atoms with van der Waals surface area (Å²) in [6.45, 7) is 1.76. The highest BCUT2D eigenvalue weighted by atomic mass is 17.1. The molecule has 0 spiro atoms. The van der Waals surface area contributed by atoms with Crippen molar-refractivity contribution < 1.29 is 24.5 Å². The van der Waals surface area contributed by atoms with Crippen LogP contribution in [0.1, 0.15) is 35.7 Å². The number of aryl methyl sites for hydroxylation is 1. The van der Waals surface area contributed by atoms with Gasteiger partial charge in [-0.1, -0.05) is 24.3 Å². The Morgan fingerprint density at radius 1 is 1.42 bits per heavy atom. The monoisotopic (exact) mass is 264 g/mol. The van der Waals surface area contributed by atoms with Gasteiger partial charge in [-0.25, -0.2) is 9.68 Å². The molecule has 5 nitrogen and oxygen atoms in total. The van der Waals surface area contributed by atoms with Crippen molar-refractivity contribution in [3.05, 3.63) is 35.4 Å². The molecule has 1 unspecified atom stereocenters. The molecule has 1 atom stereocenters. The van der Waals surface area contributed by atoms with Crippen LogP contribution in [-0.4, -0.2) is 29.2 Å². The van der Waals surface area contributed by atoms with Crippen LogP contribution in [0.15, 0.2) is 24.3 Å². The lowest BCUT2D eigenvalue weighted by molar-refractivity contribution is -0.302. The van der Waals surface area contributed by atoms with Gasteiger partial charge >= 0.3 is 5.97 Å². The Morgan fingerprint density at radius 2 is 2.16 bits per heavy atom. The Hall–Kier alpha value is -1.72.